The van der Waals surface area contributed by atoms with Crippen LogP contribution in [0, 0.1) is 6.92 Å². The predicted molar refractivity (Wildman–Crippen MR) is 129 cm³/mol. The van der Waals surface area contributed by atoms with E-state index in [1.165, 1.54) is 0 Å². The summed E-state index contributed by atoms with van der Waals surface area (Å²) in [5, 5.41) is 5.86. The van der Waals surface area contributed by atoms with E-state index in [1.54, 1.807) is 59.9 Å². The summed E-state index contributed by atoms with van der Waals surface area (Å²) in [6.45, 7) is 8.83. The molecule has 8 heteroatoms. The fourth-order valence-corrected chi connectivity index (χ4v) is 5.41. The molecule has 0 unspecified atom stereocenters. The molecule has 0 saturated carbocycles. The number of amides is 1. The molecule has 2 rings (SSSR count). The van der Waals surface area contributed by atoms with Gasteiger partial charge in [-0.25, -0.2) is 8.42 Å². The van der Waals surface area contributed by atoms with E-state index in [-0.39, 0.29) is 27.0 Å². The Labute approximate surface area is 188 Å². The average molecular weight is 467 g/mol. The van der Waals surface area contributed by atoms with Crippen molar-refractivity contribution in [2.24, 2.45) is 0 Å². The van der Waals surface area contributed by atoms with Gasteiger partial charge in [0, 0.05) is 21.9 Å². The second-order valence-electron chi connectivity index (χ2n) is 7.84. The number of carbonyl (C=O) groups is 1. The Kier molecular flexibility index (Phi) is 8.70. The summed E-state index contributed by atoms with van der Waals surface area (Å²) < 4.78 is 26.6. The normalized spacial score (nSPS) is 11.9. The Morgan fingerprint density at radius 3 is 2.33 bits per heavy atom. The predicted octanol–water partition coefficient (Wildman–Crippen LogP) is 4.61. The van der Waals surface area contributed by atoms with Crippen LogP contribution in [0.2, 0.25) is 0 Å². The van der Waals surface area contributed by atoms with Crippen molar-refractivity contribution < 1.29 is 13.2 Å². The molecule has 0 radical (unpaired) electrons. The zero-order valence-corrected chi connectivity index (χ0v) is 20.6. The van der Waals surface area contributed by atoms with E-state index >= 15 is 0 Å². The monoisotopic (exact) mass is 466 g/mol. The maximum Gasteiger partial charge on any atom is 0.239 e. The molecule has 5 nitrogen and oxygen atoms in total. The number of anilines is 1. The molecule has 0 heterocycles. The summed E-state index contributed by atoms with van der Waals surface area (Å²) >= 11 is 3.34. The molecule has 1 amide bonds. The molecule has 0 aliphatic heterocycles. The van der Waals surface area contributed by atoms with Crippen molar-refractivity contribution >= 4 is 45.0 Å². The lowest BCUT2D eigenvalue weighted by Gasteiger charge is -2.17. The number of thioether (sulfide) groups is 2. The van der Waals surface area contributed by atoms with E-state index in [0.717, 1.165) is 16.2 Å². The zero-order chi connectivity index (χ0) is 22.4. The van der Waals surface area contributed by atoms with Gasteiger partial charge in [-0.05, 0) is 55.1 Å². The average Bonchev–Trinajstić information content (AvgIpc) is 2.69. The van der Waals surface area contributed by atoms with E-state index in [1.807, 2.05) is 19.2 Å². The van der Waals surface area contributed by atoms with E-state index in [4.69, 9.17) is 0 Å². The maximum absolute atomic E-state index is 13.2. The fraction of sp³-hybridized carbons (Fsp3) is 0.409. The van der Waals surface area contributed by atoms with E-state index in [9.17, 15) is 13.2 Å². The van der Waals surface area contributed by atoms with E-state index in [2.05, 4.69) is 31.4 Å². The minimum Gasteiger partial charge on any atom is -0.375 e. The third-order valence-electron chi connectivity index (χ3n) is 4.20. The van der Waals surface area contributed by atoms with Crippen LogP contribution in [-0.2, 0) is 14.6 Å². The van der Waals surface area contributed by atoms with Gasteiger partial charge in [-0.3, -0.25) is 4.79 Å². The van der Waals surface area contributed by atoms with Crippen LogP contribution < -0.4 is 10.6 Å². The second-order valence-corrected chi connectivity index (χ2v) is 12.6. The van der Waals surface area contributed by atoms with Gasteiger partial charge in [0.2, 0.25) is 15.7 Å². The van der Waals surface area contributed by atoms with Gasteiger partial charge in [-0.2, -0.15) is 11.8 Å². The number of nitrogens with one attached hydrogen (secondary N) is 2. The summed E-state index contributed by atoms with van der Waals surface area (Å²) in [6, 6.07) is 12.0. The Morgan fingerprint density at radius 1 is 1.07 bits per heavy atom. The van der Waals surface area contributed by atoms with Gasteiger partial charge in [0.15, 0.2) is 0 Å². The van der Waals surface area contributed by atoms with Gasteiger partial charge in [-0.15, -0.1) is 11.8 Å². The molecule has 2 N–H and O–H groups in total. The highest BCUT2D eigenvalue weighted by Crippen LogP contribution is 2.30. The Balaban J connectivity index is 2.10. The fourth-order valence-electron chi connectivity index (χ4n) is 2.67. The molecule has 0 fully saturated rings. The molecule has 164 valence electrons. The first-order chi connectivity index (χ1) is 14.0. The summed E-state index contributed by atoms with van der Waals surface area (Å²) in [5.74, 6) is 0.656. The molecule has 2 aromatic rings. The molecule has 30 heavy (non-hydrogen) atoms. The number of sulfone groups is 1. The second kappa shape index (κ2) is 10.6. The quantitative estimate of drug-likeness (QED) is 0.415. The van der Waals surface area contributed by atoms with Crippen molar-refractivity contribution in [2.75, 3.05) is 30.4 Å². The smallest absolute Gasteiger partial charge is 0.239 e. The van der Waals surface area contributed by atoms with Gasteiger partial charge < -0.3 is 10.6 Å². The van der Waals surface area contributed by atoms with E-state index < -0.39 is 9.84 Å². The largest absolute Gasteiger partial charge is 0.375 e. The molecule has 0 spiro atoms. The van der Waals surface area contributed by atoms with Gasteiger partial charge in [0.05, 0.1) is 22.0 Å². The first kappa shape index (κ1) is 24.6. The van der Waals surface area contributed by atoms with Crippen LogP contribution in [0.5, 0.6) is 0 Å². The van der Waals surface area contributed by atoms with Crippen molar-refractivity contribution in [1.82, 2.24) is 5.32 Å². The first-order valence-corrected chi connectivity index (χ1v) is 13.4. The summed E-state index contributed by atoms with van der Waals surface area (Å²) in [4.78, 5) is 13.6. The number of aryl methyl sites for hydroxylation is 1. The van der Waals surface area contributed by atoms with Crippen molar-refractivity contribution in [3.05, 3.63) is 48.0 Å². The van der Waals surface area contributed by atoms with Gasteiger partial charge in [-0.1, -0.05) is 26.8 Å². The lowest BCUT2D eigenvalue weighted by Crippen LogP contribution is -2.32. The third-order valence-corrected chi connectivity index (χ3v) is 8.02. The Bertz CT molecular complexity index is 966. The molecule has 0 saturated heterocycles. The molecule has 0 aliphatic rings. The maximum atomic E-state index is 13.2. The van der Waals surface area contributed by atoms with Crippen LogP contribution in [0.3, 0.4) is 0 Å². The topological polar surface area (TPSA) is 75.3 Å². The highest BCUT2D eigenvalue weighted by atomic mass is 32.2. The van der Waals surface area contributed by atoms with Crippen molar-refractivity contribution in [3.8, 4) is 0 Å². The van der Waals surface area contributed by atoms with Crippen LogP contribution in [0.4, 0.5) is 5.69 Å². The summed E-state index contributed by atoms with van der Waals surface area (Å²) in [5.41, 5.74) is 1.26. The minimum absolute atomic E-state index is 0.0111. The zero-order valence-electron chi connectivity index (χ0n) is 18.1. The van der Waals surface area contributed by atoms with E-state index in [0.29, 0.717) is 12.2 Å². The summed E-state index contributed by atoms with van der Waals surface area (Å²) in [7, 11) is -3.71. The third kappa shape index (κ3) is 7.25. The van der Waals surface area contributed by atoms with Gasteiger partial charge >= 0.3 is 0 Å². The number of carbonyl (C=O) groups excluding carboxylic acids is 1. The first-order valence-electron chi connectivity index (χ1n) is 9.67. The van der Waals surface area contributed by atoms with Crippen LogP contribution in [0.15, 0.2) is 57.2 Å². The number of benzene rings is 2. The van der Waals surface area contributed by atoms with Crippen LogP contribution >= 0.6 is 23.5 Å². The van der Waals surface area contributed by atoms with Crippen molar-refractivity contribution in [1.29, 1.82) is 0 Å². The lowest BCUT2D eigenvalue weighted by molar-refractivity contribution is -0.119. The highest BCUT2D eigenvalue weighted by molar-refractivity contribution is 8.00. The van der Waals surface area contributed by atoms with Crippen LogP contribution in [-0.4, -0.2) is 44.2 Å². The highest BCUT2D eigenvalue weighted by Gasteiger charge is 2.22. The number of hydrogen-bond donors (Lipinski definition) is 2. The molecule has 0 aromatic heterocycles. The molecule has 2 aromatic carbocycles. The number of rotatable bonds is 9. The van der Waals surface area contributed by atoms with Crippen molar-refractivity contribution in [2.45, 2.75) is 47.1 Å². The molecular weight excluding hydrogens is 436 g/mol. The minimum atomic E-state index is -3.71. The Morgan fingerprint density at radius 2 is 1.73 bits per heavy atom. The van der Waals surface area contributed by atoms with Crippen LogP contribution in [0.1, 0.15) is 26.3 Å². The molecular formula is C22H30N2O3S3. The van der Waals surface area contributed by atoms with Gasteiger partial charge in [0.25, 0.3) is 0 Å². The van der Waals surface area contributed by atoms with Crippen molar-refractivity contribution in [3.63, 3.8) is 0 Å². The SMILES string of the molecule is CSc1ccc(S(=O)(=O)c2cc(C)ccc2NCC(=O)NCCSC(C)(C)C)cc1. The standard InChI is InChI=1S/C22H30N2O3S3/c1-16-6-11-19(24-15-21(25)23-12-13-29-22(2,3)4)20(14-16)30(26,27)18-9-7-17(28-5)8-10-18/h6-11,14,24H,12-13,15H2,1-5H3,(H,23,25). The summed E-state index contributed by atoms with van der Waals surface area (Å²) in [6.07, 6.45) is 1.94. The number of hydrogen-bond acceptors (Lipinski definition) is 6. The molecule has 0 bridgehead atoms. The van der Waals surface area contributed by atoms with Crippen LogP contribution in [0.25, 0.3) is 0 Å². The molecule has 0 aliphatic carbocycles. The van der Waals surface area contributed by atoms with Gasteiger partial charge in [0.1, 0.15) is 0 Å². The Hall–Kier alpha value is -1.64. The molecule has 0 atom stereocenters. The lowest BCUT2D eigenvalue weighted by atomic mass is 10.2.